The normalized spacial score (nSPS) is 10.9. The van der Waals surface area contributed by atoms with E-state index in [1.807, 2.05) is 0 Å². The number of hydrogen-bond donors (Lipinski definition) is 1. The molecule has 2 aromatic carbocycles. The summed E-state index contributed by atoms with van der Waals surface area (Å²) in [4.78, 5) is 42.5. The monoisotopic (exact) mass is 408 g/mol. The summed E-state index contributed by atoms with van der Waals surface area (Å²) >= 11 is 0. The second-order valence-corrected chi connectivity index (χ2v) is 6.39. The Bertz CT molecular complexity index is 1380. The van der Waals surface area contributed by atoms with Gasteiger partial charge < -0.3 is 5.32 Å². The van der Waals surface area contributed by atoms with Gasteiger partial charge in [0.15, 0.2) is 5.65 Å². The maximum absolute atomic E-state index is 13.8. The van der Waals surface area contributed by atoms with Crippen LogP contribution in [-0.2, 0) is 11.3 Å². The first-order valence-corrected chi connectivity index (χ1v) is 8.86. The van der Waals surface area contributed by atoms with Crippen molar-refractivity contribution in [2.75, 3.05) is 5.32 Å². The Balaban J connectivity index is 1.80. The third-order valence-electron chi connectivity index (χ3n) is 4.42. The third-order valence-corrected chi connectivity index (χ3v) is 4.42. The van der Waals surface area contributed by atoms with Crippen LogP contribution in [0.2, 0.25) is 0 Å². The zero-order chi connectivity index (χ0) is 21.3. The Hall–Kier alpha value is -4.14. The molecule has 0 saturated carbocycles. The third kappa shape index (κ3) is 3.48. The van der Waals surface area contributed by atoms with Gasteiger partial charge in [0.2, 0.25) is 5.91 Å². The number of nitrogens with zero attached hydrogens (tertiary/aromatic N) is 3. The molecular formula is C21H14F2N4O3. The van der Waals surface area contributed by atoms with Gasteiger partial charge in [0.05, 0.1) is 16.8 Å². The molecule has 0 aliphatic carbocycles. The first-order valence-electron chi connectivity index (χ1n) is 8.86. The van der Waals surface area contributed by atoms with Crippen molar-refractivity contribution < 1.29 is 13.6 Å². The lowest BCUT2D eigenvalue weighted by Gasteiger charge is -2.13. The lowest BCUT2D eigenvalue weighted by molar-refractivity contribution is -0.116. The lowest BCUT2D eigenvalue weighted by Crippen LogP contribution is -2.42. The van der Waals surface area contributed by atoms with E-state index >= 15 is 0 Å². The number of carbonyl (C=O) groups is 1. The summed E-state index contributed by atoms with van der Waals surface area (Å²) < 4.78 is 28.8. The fraction of sp³-hybridized carbons (Fsp3) is 0.0476. The van der Waals surface area contributed by atoms with Crippen molar-refractivity contribution in [1.82, 2.24) is 14.1 Å². The van der Waals surface area contributed by atoms with Gasteiger partial charge in [-0.2, -0.15) is 0 Å². The standard InChI is InChI=1S/C21H14F2N4O3/c22-13-8-9-17(16(23)11-13)25-18(28)12-26-20(29)15-7-4-10-24-19(15)27(21(26)30)14-5-2-1-3-6-14/h1-11H,12H2,(H,25,28). The zero-order valence-corrected chi connectivity index (χ0v) is 15.4. The predicted octanol–water partition coefficient (Wildman–Crippen LogP) is 2.46. The molecule has 2 heterocycles. The molecular weight excluding hydrogens is 394 g/mol. The highest BCUT2D eigenvalue weighted by Gasteiger charge is 2.18. The molecule has 9 heteroatoms. The second-order valence-electron chi connectivity index (χ2n) is 6.39. The Kier molecular flexibility index (Phi) is 4.93. The van der Waals surface area contributed by atoms with Crippen molar-refractivity contribution in [2.24, 2.45) is 0 Å². The summed E-state index contributed by atoms with van der Waals surface area (Å²) in [7, 11) is 0. The van der Waals surface area contributed by atoms with Gasteiger partial charge in [-0.05, 0) is 36.4 Å². The quantitative estimate of drug-likeness (QED) is 0.562. The van der Waals surface area contributed by atoms with Crippen LogP contribution < -0.4 is 16.6 Å². The van der Waals surface area contributed by atoms with Crippen molar-refractivity contribution in [3.63, 3.8) is 0 Å². The van der Waals surface area contributed by atoms with Gasteiger partial charge in [0, 0.05) is 12.3 Å². The predicted molar refractivity (Wildman–Crippen MR) is 107 cm³/mol. The Morgan fingerprint density at radius 1 is 1.00 bits per heavy atom. The summed E-state index contributed by atoms with van der Waals surface area (Å²) in [5.74, 6) is -2.59. The fourth-order valence-electron chi connectivity index (χ4n) is 3.06. The van der Waals surface area contributed by atoms with Crippen LogP contribution in [0, 0.1) is 11.6 Å². The molecule has 30 heavy (non-hydrogen) atoms. The first kappa shape index (κ1) is 19.2. The molecule has 1 amide bonds. The van der Waals surface area contributed by atoms with Crippen LogP contribution in [0.5, 0.6) is 0 Å². The second kappa shape index (κ2) is 7.70. The van der Waals surface area contributed by atoms with E-state index in [2.05, 4.69) is 10.3 Å². The van der Waals surface area contributed by atoms with E-state index in [1.54, 1.807) is 36.4 Å². The van der Waals surface area contributed by atoms with E-state index in [1.165, 1.54) is 16.8 Å². The van der Waals surface area contributed by atoms with Crippen molar-refractivity contribution in [3.05, 3.63) is 99.3 Å². The number of rotatable bonds is 4. The van der Waals surface area contributed by atoms with Gasteiger partial charge in [0.1, 0.15) is 18.2 Å². The molecule has 0 spiro atoms. The highest BCUT2D eigenvalue weighted by molar-refractivity contribution is 5.90. The number of pyridine rings is 1. The number of nitrogens with one attached hydrogen (secondary N) is 1. The fourth-order valence-corrected chi connectivity index (χ4v) is 3.06. The minimum Gasteiger partial charge on any atom is -0.322 e. The minimum atomic E-state index is -0.972. The van der Waals surface area contributed by atoms with Crippen LogP contribution in [0.4, 0.5) is 14.5 Å². The van der Waals surface area contributed by atoms with Crippen LogP contribution in [0.15, 0.2) is 76.4 Å². The molecule has 0 unspecified atom stereocenters. The lowest BCUT2D eigenvalue weighted by atomic mass is 10.2. The molecule has 7 nitrogen and oxygen atoms in total. The molecule has 150 valence electrons. The van der Waals surface area contributed by atoms with E-state index in [4.69, 9.17) is 0 Å². The van der Waals surface area contributed by atoms with Crippen LogP contribution in [-0.4, -0.2) is 20.0 Å². The average Bonchev–Trinajstić information content (AvgIpc) is 2.74. The summed E-state index contributed by atoms with van der Waals surface area (Å²) in [5, 5.41) is 2.38. The summed E-state index contributed by atoms with van der Waals surface area (Å²) in [5.41, 5.74) is -1.12. The van der Waals surface area contributed by atoms with E-state index in [9.17, 15) is 23.2 Å². The number of carbonyl (C=O) groups excluding carboxylic acids is 1. The van der Waals surface area contributed by atoms with Crippen LogP contribution in [0.3, 0.4) is 0 Å². The number of halogens is 2. The van der Waals surface area contributed by atoms with Gasteiger partial charge in [-0.1, -0.05) is 18.2 Å². The Morgan fingerprint density at radius 2 is 1.77 bits per heavy atom. The van der Waals surface area contributed by atoms with Gasteiger partial charge in [-0.15, -0.1) is 0 Å². The number of aromatic nitrogens is 3. The smallest absolute Gasteiger partial charge is 0.322 e. The SMILES string of the molecule is O=C(Cn1c(=O)c2cccnc2n(-c2ccccc2)c1=O)Nc1ccc(F)cc1F. The molecule has 2 aromatic heterocycles. The van der Waals surface area contributed by atoms with Crippen LogP contribution in [0.1, 0.15) is 0 Å². The van der Waals surface area contributed by atoms with Crippen molar-refractivity contribution in [1.29, 1.82) is 0 Å². The summed E-state index contributed by atoms with van der Waals surface area (Å²) in [6.07, 6.45) is 1.45. The minimum absolute atomic E-state index is 0.140. The van der Waals surface area contributed by atoms with Gasteiger partial charge in [0.25, 0.3) is 5.56 Å². The molecule has 1 N–H and O–H groups in total. The Morgan fingerprint density at radius 3 is 2.50 bits per heavy atom. The van der Waals surface area contributed by atoms with E-state index in [0.717, 1.165) is 16.7 Å². The van der Waals surface area contributed by atoms with Gasteiger partial charge >= 0.3 is 5.69 Å². The molecule has 0 fully saturated rings. The number of anilines is 1. The number of para-hydroxylation sites is 1. The van der Waals surface area contributed by atoms with Crippen molar-refractivity contribution in [3.8, 4) is 5.69 Å². The molecule has 4 rings (SSSR count). The van der Waals surface area contributed by atoms with Crippen molar-refractivity contribution >= 4 is 22.6 Å². The Labute approximate surface area is 167 Å². The maximum atomic E-state index is 13.8. The summed E-state index contributed by atoms with van der Waals surface area (Å²) in [6, 6.07) is 14.2. The molecule has 0 bridgehead atoms. The summed E-state index contributed by atoms with van der Waals surface area (Å²) in [6.45, 7) is -0.661. The van der Waals surface area contributed by atoms with Crippen LogP contribution in [0.25, 0.3) is 16.7 Å². The highest BCUT2D eigenvalue weighted by Crippen LogP contribution is 2.15. The van der Waals surface area contributed by atoms with E-state index in [-0.39, 0.29) is 16.7 Å². The number of hydrogen-bond acceptors (Lipinski definition) is 4. The number of benzene rings is 2. The molecule has 0 aliphatic heterocycles. The largest absolute Gasteiger partial charge is 0.337 e. The molecule has 0 aliphatic rings. The first-order chi connectivity index (χ1) is 14.5. The van der Waals surface area contributed by atoms with E-state index in [0.29, 0.717) is 11.8 Å². The van der Waals surface area contributed by atoms with Crippen molar-refractivity contribution in [2.45, 2.75) is 6.54 Å². The molecule has 0 radical (unpaired) electrons. The number of amides is 1. The molecule has 4 aromatic rings. The molecule has 0 saturated heterocycles. The molecule has 0 atom stereocenters. The topological polar surface area (TPSA) is 86.0 Å². The average molecular weight is 408 g/mol. The van der Waals surface area contributed by atoms with Gasteiger partial charge in [-0.25, -0.2) is 27.7 Å². The highest BCUT2D eigenvalue weighted by atomic mass is 19.1. The van der Waals surface area contributed by atoms with Gasteiger partial charge in [-0.3, -0.25) is 9.59 Å². The van der Waals surface area contributed by atoms with E-state index < -0.39 is 35.3 Å². The maximum Gasteiger partial charge on any atom is 0.337 e. The number of fused-ring (bicyclic) bond motifs is 1. The van der Waals surface area contributed by atoms with Crippen LogP contribution >= 0.6 is 0 Å². The zero-order valence-electron chi connectivity index (χ0n) is 15.4.